The van der Waals surface area contributed by atoms with E-state index in [1.165, 1.54) is 12.1 Å². The molecule has 112 valence electrons. The second-order valence-electron chi connectivity index (χ2n) is 4.92. The number of aromatic amines is 1. The summed E-state index contributed by atoms with van der Waals surface area (Å²) in [5, 5.41) is 18.9. The molecule has 0 amide bonds. The smallest absolute Gasteiger partial charge is 0.190 e. The zero-order chi connectivity index (χ0) is 15.6. The van der Waals surface area contributed by atoms with Gasteiger partial charge in [0.2, 0.25) is 0 Å². The summed E-state index contributed by atoms with van der Waals surface area (Å²) in [6, 6.07) is 15.8. The van der Waals surface area contributed by atoms with E-state index in [-0.39, 0.29) is 5.82 Å². The van der Waals surface area contributed by atoms with Gasteiger partial charge in [0.15, 0.2) is 5.82 Å². The number of nitrogens with one attached hydrogen (secondary N) is 1. The second-order valence-corrected chi connectivity index (χ2v) is 4.92. The van der Waals surface area contributed by atoms with Crippen molar-refractivity contribution in [2.45, 2.75) is 0 Å². The molecule has 0 bridgehead atoms. The van der Waals surface area contributed by atoms with Crippen LogP contribution in [0.3, 0.4) is 0 Å². The van der Waals surface area contributed by atoms with E-state index in [2.05, 4.69) is 25.7 Å². The molecule has 4 rings (SSSR count). The van der Waals surface area contributed by atoms with E-state index in [0.717, 1.165) is 16.8 Å². The summed E-state index contributed by atoms with van der Waals surface area (Å²) in [5.74, 6) is 0.223. The van der Waals surface area contributed by atoms with Crippen LogP contribution < -0.4 is 0 Å². The van der Waals surface area contributed by atoms with Gasteiger partial charge in [-0.3, -0.25) is 5.10 Å². The number of nitrogens with zero attached hydrogens (tertiary/aromatic N) is 5. The fourth-order valence-corrected chi connectivity index (χ4v) is 2.39. The Morgan fingerprint density at radius 3 is 2.52 bits per heavy atom. The average molecular weight is 306 g/mol. The fraction of sp³-hybridized carbons (Fsp3) is 0. The van der Waals surface area contributed by atoms with Crippen LogP contribution in [0.5, 0.6) is 0 Å². The van der Waals surface area contributed by atoms with Gasteiger partial charge in [0.1, 0.15) is 5.82 Å². The van der Waals surface area contributed by atoms with E-state index < -0.39 is 0 Å². The number of aromatic nitrogens is 6. The first-order valence-corrected chi connectivity index (χ1v) is 6.96. The maximum absolute atomic E-state index is 13.1. The van der Waals surface area contributed by atoms with Crippen molar-refractivity contribution in [3.8, 4) is 28.3 Å². The molecule has 0 radical (unpaired) electrons. The van der Waals surface area contributed by atoms with Crippen LogP contribution in [0.4, 0.5) is 4.39 Å². The Kier molecular flexibility index (Phi) is 3.16. The average Bonchev–Trinajstić information content (AvgIpc) is 3.25. The first-order valence-electron chi connectivity index (χ1n) is 6.96. The van der Waals surface area contributed by atoms with Crippen LogP contribution in [-0.2, 0) is 0 Å². The predicted octanol–water partition coefficient (Wildman–Crippen LogP) is 2.86. The lowest BCUT2D eigenvalue weighted by molar-refractivity contribution is 0.627. The summed E-state index contributed by atoms with van der Waals surface area (Å²) in [5.41, 5.74) is 3.24. The summed E-state index contributed by atoms with van der Waals surface area (Å²) >= 11 is 0. The molecule has 0 aliphatic carbocycles. The Labute approximate surface area is 130 Å². The van der Waals surface area contributed by atoms with Crippen LogP contribution in [0.2, 0.25) is 0 Å². The van der Waals surface area contributed by atoms with E-state index in [0.29, 0.717) is 11.5 Å². The van der Waals surface area contributed by atoms with Crippen LogP contribution in [0.1, 0.15) is 0 Å². The summed E-state index contributed by atoms with van der Waals surface area (Å²) in [4.78, 5) is 0. The van der Waals surface area contributed by atoms with Crippen molar-refractivity contribution in [2.75, 3.05) is 0 Å². The Bertz CT molecular complexity index is 927. The van der Waals surface area contributed by atoms with E-state index in [1.807, 2.05) is 30.3 Å². The number of rotatable bonds is 3. The minimum atomic E-state index is -0.309. The van der Waals surface area contributed by atoms with Gasteiger partial charge in [-0.25, -0.2) is 4.39 Å². The second kappa shape index (κ2) is 5.45. The first kappa shape index (κ1) is 13.3. The normalized spacial score (nSPS) is 10.8. The van der Waals surface area contributed by atoms with Crippen molar-refractivity contribution in [2.24, 2.45) is 0 Å². The molecule has 23 heavy (non-hydrogen) atoms. The summed E-state index contributed by atoms with van der Waals surface area (Å²) in [6.07, 6.45) is 1.67. The highest BCUT2D eigenvalue weighted by atomic mass is 19.1. The van der Waals surface area contributed by atoms with Gasteiger partial charge in [-0.05, 0) is 34.7 Å². The maximum Gasteiger partial charge on any atom is 0.190 e. The van der Waals surface area contributed by atoms with Crippen molar-refractivity contribution < 1.29 is 4.39 Å². The molecule has 7 heteroatoms. The molecule has 0 unspecified atom stereocenters. The number of hydrogen-bond donors (Lipinski definition) is 1. The molecule has 0 atom stereocenters. The third kappa shape index (κ3) is 2.38. The van der Waals surface area contributed by atoms with Gasteiger partial charge in [-0.1, -0.05) is 30.3 Å². The van der Waals surface area contributed by atoms with Crippen molar-refractivity contribution in [1.29, 1.82) is 0 Å². The van der Waals surface area contributed by atoms with Crippen molar-refractivity contribution in [3.63, 3.8) is 0 Å². The number of tetrazole rings is 1. The Morgan fingerprint density at radius 1 is 0.957 bits per heavy atom. The lowest BCUT2D eigenvalue weighted by Crippen LogP contribution is -2.00. The monoisotopic (exact) mass is 306 g/mol. The van der Waals surface area contributed by atoms with Crippen molar-refractivity contribution in [1.82, 2.24) is 30.4 Å². The molecule has 4 aromatic rings. The van der Waals surface area contributed by atoms with Gasteiger partial charge in [0.05, 0.1) is 23.1 Å². The zero-order valence-corrected chi connectivity index (χ0v) is 11.9. The largest absolute Gasteiger partial charge is 0.277 e. The van der Waals surface area contributed by atoms with Crippen LogP contribution in [0, 0.1) is 5.82 Å². The highest BCUT2D eigenvalue weighted by Crippen LogP contribution is 2.29. The third-order valence-corrected chi connectivity index (χ3v) is 3.48. The number of benzene rings is 2. The summed E-state index contributed by atoms with van der Waals surface area (Å²) in [7, 11) is 0. The molecule has 0 saturated heterocycles. The van der Waals surface area contributed by atoms with Crippen LogP contribution in [0.25, 0.3) is 28.3 Å². The van der Waals surface area contributed by atoms with Gasteiger partial charge in [0, 0.05) is 5.56 Å². The van der Waals surface area contributed by atoms with Crippen molar-refractivity contribution >= 4 is 0 Å². The molecular weight excluding hydrogens is 295 g/mol. The summed E-state index contributed by atoms with van der Waals surface area (Å²) < 4.78 is 14.7. The highest BCUT2D eigenvalue weighted by Gasteiger charge is 2.17. The minimum absolute atomic E-state index is 0.309. The standard InChI is InChI=1S/C16H11FN6/c17-12-6-8-13(9-7-12)23-16(20-21-22-23)14-10-18-19-15(14)11-4-2-1-3-5-11/h1-10H,(H,18,19). The molecule has 0 aliphatic rings. The van der Waals surface area contributed by atoms with Crippen LogP contribution in [-0.4, -0.2) is 30.4 Å². The third-order valence-electron chi connectivity index (χ3n) is 3.48. The number of halogens is 1. The maximum atomic E-state index is 13.1. The van der Waals surface area contributed by atoms with Gasteiger partial charge in [-0.15, -0.1) is 5.10 Å². The molecule has 0 aliphatic heterocycles. The molecular formula is C16H11FN6. The SMILES string of the molecule is Fc1ccc(-n2nnnc2-c2cn[nH]c2-c2ccccc2)cc1. The molecule has 0 saturated carbocycles. The molecule has 2 heterocycles. The van der Waals surface area contributed by atoms with E-state index in [1.54, 1.807) is 23.0 Å². The Balaban J connectivity index is 1.84. The Morgan fingerprint density at radius 2 is 1.74 bits per heavy atom. The molecule has 2 aromatic heterocycles. The Hall–Kier alpha value is -3.35. The molecule has 1 N–H and O–H groups in total. The van der Waals surface area contributed by atoms with E-state index in [9.17, 15) is 4.39 Å². The molecule has 2 aromatic carbocycles. The number of hydrogen-bond acceptors (Lipinski definition) is 4. The van der Waals surface area contributed by atoms with Gasteiger partial charge >= 0.3 is 0 Å². The van der Waals surface area contributed by atoms with E-state index >= 15 is 0 Å². The lowest BCUT2D eigenvalue weighted by Gasteiger charge is -2.05. The zero-order valence-electron chi connectivity index (χ0n) is 11.9. The minimum Gasteiger partial charge on any atom is -0.277 e. The number of H-pyrrole nitrogens is 1. The fourth-order valence-electron chi connectivity index (χ4n) is 2.39. The topological polar surface area (TPSA) is 72.3 Å². The highest BCUT2D eigenvalue weighted by molar-refractivity contribution is 5.77. The van der Waals surface area contributed by atoms with E-state index in [4.69, 9.17) is 0 Å². The van der Waals surface area contributed by atoms with Gasteiger partial charge < -0.3 is 0 Å². The molecule has 0 spiro atoms. The van der Waals surface area contributed by atoms with Gasteiger partial charge in [-0.2, -0.15) is 9.78 Å². The summed E-state index contributed by atoms with van der Waals surface area (Å²) in [6.45, 7) is 0. The molecule has 6 nitrogen and oxygen atoms in total. The van der Waals surface area contributed by atoms with Crippen LogP contribution >= 0.6 is 0 Å². The predicted molar refractivity (Wildman–Crippen MR) is 82.1 cm³/mol. The lowest BCUT2D eigenvalue weighted by atomic mass is 10.1. The quantitative estimate of drug-likeness (QED) is 0.631. The van der Waals surface area contributed by atoms with Gasteiger partial charge in [0.25, 0.3) is 0 Å². The van der Waals surface area contributed by atoms with Crippen LogP contribution in [0.15, 0.2) is 60.8 Å². The first-order chi connectivity index (χ1) is 11.3. The van der Waals surface area contributed by atoms with Crippen molar-refractivity contribution in [3.05, 3.63) is 66.6 Å². The molecule has 0 fully saturated rings.